The molecular formula is C48H56N6O4. The molecule has 0 bridgehead atoms. The van der Waals surface area contributed by atoms with E-state index in [1.54, 1.807) is 4.90 Å². The highest BCUT2D eigenvalue weighted by atomic mass is 16.3. The smallest absolute Gasteiger partial charge is 0.328 e. The summed E-state index contributed by atoms with van der Waals surface area (Å²) in [5.41, 5.74) is 8.50. The van der Waals surface area contributed by atoms with Crippen LogP contribution in [0.5, 0.6) is 5.75 Å². The van der Waals surface area contributed by atoms with Crippen molar-refractivity contribution < 1.29 is 19.5 Å². The van der Waals surface area contributed by atoms with E-state index >= 15 is 0 Å². The third kappa shape index (κ3) is 8.17. The number of hydrogen-bond acceptors (Lipinski definition) is 7. The Kier molecular flexibility index (Phi) is 11.1. The third-order valence-corrected chi connectivity index (χ3v) is 13.7. The Labute approximate surface area is 342 Å². The van der Waals surface area contributed by atoms with Crippen LogP contribution in [0.1, 0.15) is 72.6 Å². The van der Waals surface area contributed by atoms with Crippen LogP contribution >= 0.6 is 0 Å². The topological polar surface area (TPSA) is 99.7 Å². The summed E-state index contributed by atoms with van der Waals surface area (Å²) >= 11 is 0. The van der Waals surface area contributed by atoms with E-state index in [1.165, 1.54) is 27.9 Å². The minimum absolute atomic E-state index is 0.0852. The van der Waals surface area contributed by atoms with Gasteiger partial charge in [-0.3, -0.25) is 24.7 Å². The molecule has 2 N–H and O–H groups in total. The van der Waals surface area contributed by atoms with E-state index in [1.807, 2.05) is 36.4 Å². The number of rotatable bonds is 8. The van der Waals surface area contributed by atoms with Crippen LogP contribution in [0.15, 0.2) is 97.1 Å². The number of carbonyl (C=O) groups excluding carboxylic acids is 3. The number of hydrogen-bond donors (Lipinski definition) is 2. The van der Waals surface area contributed by atoms with E-state index in [4.69, 9.17) is 0 Å². The monoisotopic (exact) mass is 780 g/mol. The third-order valence-electron chi connectivity index (χ3n) is 13.7. The molecule has 0 radical (unpaired) electrons. The summed E-state index contributed by atoms with van der Waals surface area (Å²) in [7, 11) is 0. The number of urea groups is 1. The van der Waals surface area contributed by atoms with Gasteiger partial charge in [-0.1, -0.05) is 48.5 Å². The Morgan fingerprint density at radius 3 is 1.98 bits per heavy atom. The van der Waals surface area contributed by atoms with Gasteiger partial charge in [0.2, 0.25) is 11.8 Å². The van der Waals surface area contributed by atoms with Gasteiger partial charge in [0.15, 0.2) is 0 Å². The van der Waals surface area contributed by atoms with Crippen molar-refractivity contribution in [1.29, 1.82) is 0 Å². The Balaban J connectivity index is 0.723. The van der Waals surface area contributed by atoms with Gasteiger partial charge >= 0.3 is 6.03 Å². The van der Waals surface area contributed by atoms with Gasteiger partial charge in [0.25, 0.3) is 0 Å². The fourth-order valence-electron chi connectivity index (χ4n) is 10.4. The van der Waals surface area contributed by atoms with E-state index in [2.05, 4.69) is 85.6 Å². The lowest BCUT2D eigenvalue weighted by molar-refractivity contribution is -0.137. The molecule has 9 rings (SSSR count). The van der Waals surface area contributed by atoms with Crippen molar-refractivity contribution in [1.82, 2.24) is 15.1 Å². The number of imide groups is 1. The number of piperidine rings is 2. The molecule has 4 fully saturated rings. The van der Waals surface area contributed by atoms with Crippen LogP contribution in [0.4, 0.5) is 21.9 Å². The zero-order valence-corrected chi connectivity index (χ0v) is 33.5. The first-order valence-electron chi connectivity index (χ1n) is 21.6. The van der Waals surface area contributed by atoms with Crippen molar-refractivity contribution in [3.05, 3.63) is 119 Å². The second-order valence-electron chi connectivity index (χ2n) is 17.1. The molecule has 2 atom stereocenters. The number of phenols is 1. The zero-order valence-electron chi connectivity index (χ0n) is 33.5. The highest BCUT2D eigenvalue weighted by Crippen LogP contribution is 2.47. The fraction of sp³-hybridized carbons (Fsp3) is 0.438. The largest absolute Gasteiger partial charge is 0.508 e. The van der Waals surface area contributed by atoms with Gasteiger partial charge in [0.1, 0.15) is 5.75 Å². The lowest BCUT2D eigenvalue weighted by Crippen LogP contribution is -2.50. The molecule has 4 aliphatic heterocycles. The summed E-state index contributed by atoms with van der Waals surface area (Å²) < 4.78 is 0. The van der Waals surface area contributed by atoms with Crippen molar-refractivity contribution in [3.8, 4) is 5.75 Å². The summed E-state index contributed by atoms with van der Waals surface area (Å²) in [6.45, 7) is 9.10. The average molecular weight is 781 g/mol. The van der Waals surface area contributed by atoms with Gasteiger partial charge < -0.3 is 19.8 Å². The molecule has 5 aliphatic rings. The number of aryl methyl sites for hydroxylation is 1. The normalized spacial score (nSPS) is 22.5. The highest BCUT2D eigenvalue weighted by Gasteiger charge is 2.34. The molecular weight excluding hydrogens is 725 g/mol. The fourth-order valence-corrected chi connectivity index (χ4v) is 10.4. The second-order valence-corrected chi connectivity index (χ2v) is 17.1. The number of aromatic hydroxyl groups is 1. The quantitative estimate of drug-likeness (QED) is 0.199. The first kappa shape index (κ1) is 38.2. The maximum atomic E-state index is 13.6. The number of anilines is 3. The van der Waals surface area contributed by atoms with Crippen LogP contribution in [-0.2, 0) is 16.0 Å². The molecule has 0 spiro atoms. The lowest BCUT2D eigenvalue weighted by atomic mass is 9.69. The number of benzene rings is 4. The number of likely N-dealkylation sites (tertiary alicyclic amines) is 1. The van der Waals surface area contributed by atoms with Gasteiger partial charge in [0, 0.05) is 101 Å². The minimum atomic E-state index is -0.368. The molecule has 58 heavy (non-hydrogen) atoms. The molecule has 0 unspecified atom stereocenters. The first-order valence-corrected chi connectivity index (χ1v) is 21.6. The number of nitrogens with one attached hydrogen (secondary N) is 1. The molecule has 4 aromatic carbocycles. The van der Waals surface area contributed by atoms with E-state index in [0.717, 1.165) is 109 Å². The SMILES string of the molecule is O=C1CCN(c2ccc(N3CCC(C(=O)N4CCC(CN5CCN(c6ccc([C@@H]7c8ccc(O)cc8CC[C@@H]7c7ccccc7)cc6)CC5)CC4)CC3)cc2)C(=O)N1. The van der Waals surface area contributed by atoms with E-state index in [9.17, 15) is 19.5 Å². The Morgan fingerprint density at radius 1 is 0.638 bits per heavy atom. The van der Waals surface area contributed by atoms with Crippen LogP contribution in [0.2, 0.25) is 0 Å². The van der Waals surface area contributed by atoms with E-state index in [-0.39, 0.29) is 23.8 Å². The van der Waals surface area contributed by atoms with Crippen LogP contribution in [0, 0.1) is 11.8 Å². The lowest BCUT2D eigenvalue weighted by Gasteiger charge is -2.41. The minimum Gasteiger partial charge on any atom is -0.508 e. The van der Waals surface area contributed by atoms with Gasteiger partial charge in [-0.15, -0.1) is 0 Å². The molecule has 4 amide bonds. The number of fused-ring (bicyclic) bond motifs is 1. The van der Waals surface area contributed by atoms with Crippen molar-refractivity contribution in [2.24, 2.45) is 11.8 Å². The van der Waals surface area contributed by atoms with Crippen LogP contribution < -0.4 is 20.0 Å². The predicted octanol–water partition coefficient (Wildman–Crippen LogP) is 6.98. The molecule has 4 aromatic rings. The summed E-state index contributed by atoms with van der Waals surface area (Å²) in [5, 5.41) is 12.6. The van der Waals surface area contributed by atoms with Gasteiger partial charge in [-0.2, -0.15) is 0 Å². The van der Waals surface area contributed by atoms with Crippen molar-refractivity contribution >= 4 is 34.9 Å². The van der Waals surface area contributed by atoms with E-state index < -0.39 is 0 Å². The number of piperazine rings is 1. The maximum absolute atomic E-state index is 13.6. The number of amides is 4. The zero-order chi connectivity index (χ0) is 39.6. The number of phenolic OH excluding ortho intramolecular Hbond substituents is 1. The average Bonchev–Trinajstić information content (AvgIpc) is 3.27. The molecule has 0 saturated carbocycles. The molecule has 0 aromatic heterocycles. The Bertz CT molecular complexity index is 2070. The summed E-state index contributed by atoms with van der Waals surface area (Å²) in [6.07, 6.45) is 6.23. The van der Waals surface area contributed by atoms with Crippen molar-refractivity contribution in [3.63, 3.8) is 0 Å². The summed E-state index contributed by atoms with van der Waals surface area (Å²) in [6, 6.07) is 33.8. The first-order chi connectivity index (χ1) is 28.4. The predicted molar refractivity (Wildman–Crippen MR) is 229 cm³/mol. The highest BCUT2D eigenvalue weighted by molar-refractivity contribution is 6.05. The summed E-state index contributed by atoms with van der Waals surface area (Å²) in [4.78, 5) is 48.6. The van der Waals surface area contributed by atoms with Crippen LogP contribution in [-0.4, -0.2) is 98.2 Å². The van der Waals surface area contributed by atoms with E-state index in [0.29, 0.717) is 36.5 Å². The van der Waals surface area contributed by atoms with Gasteiger partial charge in [-0.25, -0.2) is 4.79 Å². The molecule has 10 heteroatoms. The standard InChI is InChI=1S/C48H56N6O4/c55-42-15-17-44-38(32-42)8-16-43(35-4-2-1-3-5-35)46(44)36-6-9-39(10-7-36)52-30-28-50(29-31-52)33-34-18-23-53(24-19-34)47(57)37-20-25-51(26-21-37)40-11-13-41(14-12-40)54-27-22-45(56)49-48(54)58/h1-7,9-15,17,32,34,37,43,46,55H,8,16,18-31,33H2,(H,49,56,58)/t43-,46+/m1/s1. The van der Waals surface area contributed by atoms with Crippen molar-refractivity contribution in [2.75, 3.05) is 80.1 Å². The Hall–Kier alpha value is -5.35. The molecule has 4 heterocycles. The molecule has 302 valence electrons. The maximum Gasteiger partial charge on any atom is 0.328 e. The van der Waals surface area contributed by atoms with Crippen molar-refractivity contribution in [2.45, 2.75) is 56.8 Å². The Morgan fingerprint density at radius 2 is 1.29 bits per heavy atom. The summed E-state index contributed by atoms with van der Waals surface area (Å²) in [5.74, 6) is 1.84. The molecule has 10 nitrogen and oxygen atoms in total. The number of nitrogens with zero attached hydrogens (tertiary/aromatic N) is 5. The number of carbonyl (C=O) groups is 3. The second kappa shape index (κ2) is 16.9. The van der Waals surface area contributed by atoms with Gasteiger partial charge in [0.05, 0.1) is 0 Å². The van der Waals surface area contributed by atoms with Crippen LogP contribution in [0.3, 0.4) is 0 Å². The van der Waals surface area contributed by atoms with Gasteiger partial charge in [-0.05, 0) is 121 Å². The molecule has 4 saturated heterocycles. The van der Waals surface area contributed by atoms with Crippen LogP contribution in [0.25, 0.3) is 0 Å². The molecule has 1 aliphatic carbocycles.